The Balaban J connectivity index is 1.43. The zero-order valence-corrected chi connectivity index (χ0v) is 17.6. The molecule has 0 saturated carbocycles. The second kappa shape index (κ2) is 14.0. The number of nitrogens with zero attached hydrogens (tertiary/aromatic N) is 2. The molecule has 0 aromatic heterocycles. The van der Waals surface area contributed by atoms with Crippen molar-refractivity contribution in [3.05, 3.63) is 35.9 Å². The molecule has 1 amide bonds. The molecule has 1 aliphatic heterocycles. The topological polar surface area (TPSA) is 70.1 Å². The lowest BCUT2D eigenvalue weighted by atomic mass is 10.1. The van der Waals surface area contributed by atoms with E-state index in [1.54, 1.807) is 0 Å². The monoisotopic (exact) mass is 404 g/mol. The minimum atomic E-state index is -0.685. The molecule has 0 bridgehead atoms. The van der Waals surface area contributed by atoms with Crippen molar-refractivity contribution in [3.63, 3.8) is 0 Å². The van der Waals surface area contributed by atoms with Crippen LogP contribution in [0.2, 0.25) is 0 Å². The van der Waals surface area contributed by atoms with E-state index in [4.69, 9.17) is 9.84 Å². The van der Waals surface area contributed by atoms with Gasteiger partial charge in [0.25, 0.3) is 0 Å². The fourth-order valence-electron chi connectivity index (χ4n) is 3.64. The second-order valence-corrected chi connectivity index (χ2v) is 7.84. The number of amides is 1. The van der Waals surface area contributed by atoms with E-state index in [0.717, 1.165) is 57.5 Å². The molecular weight excluding hydrogens is 368 g/mol. The summed E-state index contributed by atoms with van der Waals surface area (Å²) in [6.45, 7) is 4.76. The maximum atomic E-state index is 12.2. The number of carboxylic acids is 1. The Bertz CT molecular complexity index is 586. The highest BCUT2D eigenvalue weighted by molar-refractivity contribution is 5.67. The quantitative estimate of drug-likeness (QED) is 0.489. The summed E-state index contributed by atoms with van der Waals surface area (Å²) < 4.78 is 5.41. The third-order valence-corrected chi connectivity index (χ3v) is 5.45. The Hall–Kier alpha value is -2.08. The molecule has 1 heterocycles. The van der Waals surface area contributed by atoms with Gasteiger partial charge in [-0.2, -0.15) is 0 Å². The van der Waals surface area contributed by atoms with Crippen LogP contribution in [0.15, 0.2) is 30.3 Å². The van der Waals surface area contributed by atoms with E-state index in [1.807, 2.05) is 35.2 Å². The molecule has 0 spiro atoms. The highest BCUT2D eigenvalue weighted by Crippen LogP contribution is 2.11. The van der Waals surface area contributed by atoms with Gasteiger partial charge in [0.2, 0.25) is 0 Å². The average molecular weight is 405 g/mol. The number of piperazine rings is 1. The lowest BCUT2D eigenvalue weighted by Gasteiger charge is -2.34. The maximum absolute atomic E-state index is 12.2. The van der Waals surface area contributed by atoms with Crippen molar-refractivity contribution in [2.75, 3.05) is 32.7 Å². The Morgan fingerprint density at radius 1 is 0.828 bits per heavy atom. The van der Waals surface area contributed by atoms with Gasteiger partial charge in [0.05, 0.1) is 0 Å². The Labute approximate surface area is 174 Å². The zero-order valence-electron chi connectivity index (χ0n) is 17.6. The van der Waals surface area contributed by atoms with Gasteiger partial charge in [-0.3, -0.25) is 9.69 Å². The van der Waals surface area contributed by atoms with Crippen LogP contribution in [-0.4, -0.2) is 59.7 Å². The van der Waals surface area contributed by atoms with Gasteiger partial charge in [0.1, 0.15) is 6.61 Å². The molecule has 2 rings (SSSR count). The van der Waals surface area contributed by atoms with Crippen molar-refractivity contribution in [2.45, 2.75) is 64.4 Å². The molecular formula is C23H36N2O4. The van der Waals surface area contributed by atoms with Gasteiger partial charge in [-0.1, -0.05) is 68.9 Å². The normalized spacial score (nSPS) is 14.7. The van der Waals surface area contributed by atoms with Crippen LogP contribution in [0, 0.1) is 0 Å². The molecule has 0 atom stereocenters. The van der Waals surface area contributed by atoms with Crippen LogP contribution in [-0.2, 0) is 16.1 Å². The molecule has 0 unspecified atom stereocenters. The Morgan fingerprint density at radius 2 is 1.41 bits per heavy atom. The van der Waals surface area contributed by atoms with Gasteiger partial charge in [-0.05, 0) is 24.9 Å². The molecule has 1 aromatic carbocycles. The van der Waals surface area contributed by atoms with Gasteiger partial charge in [0, 0.05) is 32.6 Å². The van der Waals surface area contributed by atoms with E-state index < -0.39 is 5.97 Å². The minimum absolute atomic E-state index is 0.211. The van der Waals surface area contributed by atoms with Crippen LogP contribution in [0.25, 0.3) is 0 Å². The molecule has 1 fully saturated rings. The number of unbranched alkanes of at least 4 members (excludes halogenated alkanes) is 7. The molecule has 6 nitrogen and oxygen atoms in total. The molecule has 0 radical (unpaired) electrons. The van der Waals surface area contributed by atoms with E-state index in [-0.39, 0.29) is 6.09 Å². The molecule has 1 N–H and O–H groups in total. The summed E-state index contributed by atoms with van der Waals surface area (Å²) in [6.07, 6.45) is 9.24. The average Bonchev–Trinajstić information content (AvgIpc) is 2.74. The van der Waals surface area contributed by atoms with E-state index in [1.165, 1.54) is 32.1 Å². The number of carbonyl (C=O) groups is 2. The molecule has 1 saturated heterocycles. The second-order valence-electron chi connectivity index (χ2n) is 7.84. The molecule has 29 heavy (non-hydrogen) atoms. The summed E-state index contributed by atoms with van der Waals surface area (Å²) in [5.74, 6) is -0.685. The molecule has 0 aliphatic carbocycles. The van der Waals surface area contributed by atoms with Gasteiger partial charge >= 0.3 is 12.1 Å². The first kappa shape index (κ1) is 23.2. The summed E-state index contributed by atoms with van der Waals surface area (Å²) in [4.78, 5) is 26.9. The number of hydrogen-bond donors (Lipinski definition) is 1. The summed E-state index contributed by atoms with van der Waals surface area (Å²) in [5.41, 5.74) is 1.01. The fraction of sp³-hybridized carbons (Fsp3) is 0.652. The fourth-order valence-corrected chi connectivity index (χ4v) is 3.64. The predicted molar refractivity (Wildman–Crippen MR) is 114 cm³/mol. The first-order chi connectivity index (χ1) is 14.1. The van der Waals surface area contributed by atoms with E-state index >= 15 is 0 Å². The maximum Gasteiger partial charge on any atom is 0.410 e. The highest BCUT2D eigenvalue weighted by atomic mass is 16.6. The van der Waals surface area contributed by atoms with E-state index in [9.17, 15) is 9.59 Å². The van der Waals surface area contributed by atoms with Crippen molar-refractivity contribution in [3.8, 4) is 0 Å². The van der Waals surface area contributed by atoms with E-state index in [2.05, 4.69) is 4.90 Å². The lowest BCUT2D eigenvalue weighted by molar-refractivity contribution is -0.137. The van der Waals surface area contributed by atoms with Crippen molar-refractivity contribution < 1.29 is 19.4 Å². The summed E-state index contributed by atoms with van der Waals surface area (Å²) >= 11 is 0. The number of carboxylic acid groups (broad SMARTS) is 1. The third kappa shape index (κ3) is 10.3. The summed E-state index contributed by atoms with van der Waals surface area (Å²) in [6, 6.07) is 9.78. The van der Waals surface area contributed by atoms with E-state index in [0.29, 0.717) is 13.0 Å². The van der Waals surface area contributed by atoms with Gasteiger partial charge in [-0.15, -0.1) is 0 Å². The number of carbonyl (C=O) groups excluding carboxylic acids is 1. The van der Waals surface area contributed by atoms with Crippen LogP contribution in [0.3, 0.4) is 0 Å². The van der Waals surface area contributed by atoms with Crippen molar-refractivity contribution in [2.24, 2.45) is 0 Å². The van der Waals surface area contributed by atoms with Gasteiger partial charge in [0.15, 0.2) is 0 Å². The number of hydrogen-bond acceptors (Lipinski definition) is 4. The smallest absolute Gasteiger partial charge is 0.410 e. The largest absolute Gasteiger partial charge is 0.481 e. The standard InChI is InChI=1S/C23H36N2O4/c26-22(27)14-10-5-3-1-2-4-6-11-15-24-16-18-25(19-17-24)23(28)29-20-21-12-8-7-9-13-21/h7-9,12-13H,1-6,10-11,14-20H2,(H,26,27). The van der Waals surface area contributed by atoms with Gasteiger partial charge < -0.3 is 14.7 Å². The zero-order chi connectivity index (χ0) is 20.7. The minimum Gasteiger partial charge on any atom is -0.481 e. The van der Waals surface area contributed by atoms with Crippen molar-refractivity contribution >= 4 is 12.1 Å². The van der Waals surface area contributed by atoms with Crippen LogP contribution in [0.1, 0.15) is 63.4 Å². The van der Waals surface area contributed by atoms with Crippen LogP contribution in [0.5, 0.6) is 0 Å². The summed E-state index contributed by atoms with van der Waals surface area (Å²) in [5, 5.41) is 8.60. The van der Waals surface area contributed by atoms with Crippen molar-refractivity contribution in [1.82, 2.24) is 9.80 Å². The van der Waals surface area contributed by atoms with Crippen LogP contribution < -0.4 is 0 Å². The number of ether oxygens (including phenoxy) is 1. The number of aliphatic carboxylic acids is 1. The number of rotatable bonds is 13. The molecule has 6 heteroatoms. The Morgan fingerprint density at radius 3 is 2.03 bits per heavy atom. The van der Waals surface area contributed by atoms with Crippen LogP contribution >= 0.6 is 0 Å². The molecule has 1 aliphatic rings. The highest BCUT2D eigenvalue weighted by Gasteiger charge is 2.21. The van der Waals surface area contributed by atoms with Crippen molar-refractivity contribution in [1.29, 1.82) is 0 Å². The van der Waals surface area contributed by atoms with Gasteiger partial charge in [-0.25, -0.2) is 4.79 Å². The molecule has 1 aromatic rings. The lowest BCUT2D eigenvalue weighted by Crippen LogP contribution is -2.48. The number of benzene rings is 1. The molecule has 162 valence electrons. The SMILES string of the molecule is O=C(O)CCCCCCCCCCN1CCN(C(=O)OCc2ccccc2)CC1. The first-order valence-corrected chi connectivity index (χ1v) is 11.0. The summed E-state index contributed by atoms with van der Waals surface area (Å²) in [7, 11) is 0. The predicted octanol–water partition coefficient (Wildman–Crippen LogP) is 4.54. The Kier molecular flexibility index (Phi) is 11.2. The van der Waals surface area contributed by atoms with Crippen LogP contribution in [0.4, 0.5) is 4.79 Å². The third-order valence-electron chi connectivity index (χ3n) is 5.45. The first-order valence-electron chi connectivity index (χ1n) is 11.0.